The third-order valence-electron chi connectivity index (χ3n) is 4.89. The highest BCUT2D eigenvalue weighted by atomic mass is 79.9. The van der Waals surface area contributed by atoms with Crippen molar-refractivity contribution in [3.8, 4) is 0 Å². The normalized spacial score (nSPS) is 13.8. The van der Waals surface area contributed by atoms with Crippen molar-refractivity contribution in [3.05, 3.63) is 67.1 Å². The number of ether oxygens (including phenoxy) is 1. The summed E-state index contributed by atoms with van der Waals surface area (Å²) < 4.78 is 6.24. The van der Waals surface area contributed by atoms with Gasteiger partial charge in [-0.15, -0.1) is 0 Å². The number of hydrogen-bond acceptors (Lipinski definition) is 10. The van der Waals surface area contributed by atoms with Gasteiger partial charge in [0.05, 0.1) is 30.0 Å². The second-order valence-electron chi connectivity index (χ2n) is 7.31. The van der Waals surface area contributed by atoms with Gasteiger partial charge in [-0.1, -0.05) is 11.6 Å². The van der Waals surface area contributed by atoms with E-state index >= 15 is 0 Å². The number of nitrogens with one attached hydrogen (secondary N) is 2. The van der Waals surface area contributed by atoms with Crippen LogP contribution in [0, 0.1) is 17.0 Å². The van der Waals surface area contributed by atoms with E-state index < -0.39 is 4.92 Å². The Morgan fingerprint density at radius 2 is 1.88 bits per heavy atom. The molecule has 0 spiro atoms. The van der Waals surface area contributed by atoms with Crippen LogP contribution in [0.15, 0.2) is 46.0 Å². The van der Waals surface area contributed by atoms with Crippen LogP contribution in [0.1, 0.15) is 11.1 Å². The average Bonchev–Trinajstić information content (AvgIpc) is 2.83. The SMILES string of the molecule is Cc1cc(Br)c(Nc2nc(NN=Cc3ccc([N+](=O)[O-])cc3)nc(N3CCOCC3)n2)cc1Cl. The van der Waals surface area contributed by atoms with Crippen LogP contribution in [-0.2, 0) is 4.74 Å². The number of anilines is 4. The second kappa shape index (κ2) is 10.7. The maximum Gasteiger partial charge on any atom is 0.269 e. The van der Waals surface area contributed by atoms with Crippen LogP contribution in [0.25, 0.3) is 0 Å². The fourth-order valence-electron chi connectivity index (χ4n) is 3.08. The first-order chi connectivity index (χ1) is 16.4. The molecule has 1 aromatic heterocycles. The summed E-state index contributed by atoms with van der Waals surface area (Å²) >= 11 is 9.82. The number of nitrogens with zero attached hydrogens (tertiary/aromatic N) is 6. The molecule has 1 saturated heterocycles. The second-order valence-corrected chi connectivity index (χ2v) is 8.57. The zero-order valence-corrected chi connectivity index (χ0v) is 20.4. The molecule has 1 aliphatic rings. The van der Waals surface area contributed by atoms with Gasteiger partial charge in [-0.3, -0.25) is 10.1 Å². The molecule has 0 unspecified atom stereocenters. The molecule has 2 heterocycles. The van der Waals surface area contributed by atoms with Crippen LogP contribution < -0.4 is 15.6 Å². The number of aromatic nitrogens is 3. The standard InChI is InChI=1S/C21H20BrClN8O3/c1-13-10-16(22)18(11-17(13)23)25-19-26-20(28-21(27-19)30-6-8-34-9-7-30)29-24-12-14-2-4-15(5-3-14)31(32)33/h2-5,10-12H,6-9H2,1H3,(H2,25,26,27,28,29). The van der Waals surface area contributed by atoms with E-state index in [1.807, 2.05) is 17.9 Å². The molecule has 0 saturated carbocycles. The van der Waals surface area contributed by atoms with Crippen LogP contribution in [0.4, 0.5) is 29.2 Å². The number of hydrogen-bond donors (Lipinski definition) is 2. The lowest BCUT2D eigenvalue weighted by atomic mass is 10.2. The summed E-state index contributed by atoms with van der Waals surface area (Å²) in [6, 6.07) is 9.71. The predicted molar refractivity (Wildman–Crippen MR) is 134 cm³/mol. The van der Waals surface area contributed by atoms with E-state index in [9.17, 15) is 10.1 Å². The lowest BCUT2D eigenvalue weighted by molar-refractivity contribution is -0.384. The minimum atomic E-state index is -0.453. The third-order valence-corrected chi connectivity index (χ3v) is 5.96. The van der Waals surface area contributed by atoms with Crippen LogP contribution in [0.5, 0.6) is 0 Å². The summed E-state index contributed by atoms with van der Waals surface area (Å²) in [5, 5.41) is 18.8. The largest absolute Gasteiger partial charge is 0.378 e. The highest BCUT2D eigenvalue weighted by Crippen LogP contribution is 2.31. The molecule has 11 nitrogen and oxygen atoms in total. The van der Waals surface area contributed by atoms with E-state index in [1.54, 1.807) is 18.2 Å². The number of benzene rings is 2. The first-order valence-corrected chi connectivity index (χ1v) is 11.4. The molecule has 4 rings (SSSR count). The van der Waals surface area contributed by atoms with E-state index in [0.29, 0.717) is 54.5 Å². The number of hydrazone groups is 1. The van der Waals surface area contributed by atoms with Gasteiger partial charge in [-0.25, -0.2) is 5.43 Å². The lowest BCUT2D eigenvalue weighted by Gasteiger charge is -2.27. The van der Waals surface area contributed by atoms with Crippen LogP contribution in [0.2, 0.25) is 5.02 Å². The minimum Gasteiger partial charge on any atom is -0.378 e. The molecule has 2 N–H and O–H groups in total. The molecule has 0 bridgehead atoms. The fraction of sp³-hybridized carbons (Fsp3) is 0.238. The van der Waals surface area contributed by atoms with Gasteiger partial charge in [0.2, 0.25) is 17.8 Å². The molecule has 0 aliphatic carbocycles. The van der Waals surface area contributed by atoms with Crippen molar-refractivity contribution in [1.82, 2.24) is 15.0 Å². The Labute approximate surface area is 208 Å². The van der Waals surface area contributed by atoms with Crippen molar-refractivity contribution in [2.45, 2.75) is 6.92 Å². The lowest BCUT2D eigenvalue weighted by Crippen LogP contribution is -2.37. The van der Waals surface area contributed by atoms with Gasteiger partial charge in [0, 0.05) is 34.7 Å². The number of halogens is 2. The van der Waals surface area contributed by atoms with Gasteiger partial charge in [-0.2, -0.15) is 20.1 Å². The number of rotatable bonds is 7. The van der Waals surface area contributed by atoms with E-state index in [4.69, 9.17) is 16.3 Å². The van der Waals surface area contributed by atoms with Gasteiger partial charge in [0.15, 0.2) is 0 Å². The van der Waals surface area contributed by atoms with Crippen molar-refractivity contribution in [2.75, 3.05) is 41.9 Å². The van der Waals surface area contributed by atoms with Gasteiger partial charge in [0.25, 0.3) is 5.69 Å². The molecule has 0 amide bonds. The Bertz CT molecular complexity index is 1220. The van der Waals surface area contributed by atoms with Crippen molar-refractivity contribution >= 4 is 63.0 Å². The van der Waals surface area contributed by atoms with Crippen molar-refractivity contribution < 1.29 is 9.66 Å². The maximum absolute atomic E-state index is 10.8. The molecule has 3 aromatic rings. The number of morpholine rings is 1. The quantitative estimate of drug-likeness (QED) is 0.249. The Kier molecular flexibility index (Phi) is 7.50. The topological polar surface area (TPSA) is 131 Å². The monoisotopic (exact) mass is 546 g/mol. The minimum absolute atomic E-state index is 0.0100. The molecule has 0 atom stereocenters. The number of non-ortho nitro benzene ring substituents is 1. The molecular formula is C21H20BrClN8O3. The molecule has 34 heavy (non-hydrogen) atoms. The molecule has 1 fully saturated rings. The zero-order valence-electron chi connectivity index (χ0n) is 18.0. The summed E-state index contributed by atoms with van der Waals surface area (Å²) in [6.07, 6.45) is 1.52. The molecule has 2 aromatic carbocycles. The van der Waals surface area contributed by atoms with E-state index in [0.717, 1.165) is 10.0 Å². The highest BCUT2D eigenvalue weighted by Gasteiger charge is 2.17. The van der Waals surface area contributed by atoms with Crippen molar-refractivity contribution in [1.29, 1.82) is 0 Å². The summed E-state index contributed by atoms with van der Waals surface area (Å²) in [5.41, 5.74) is 5.14. The first-order valence-electron chi connectivity index (χ1n) is 10.2. The van der Waals surface area contributed by atoms with Gasteiger partial charge in [0.1, 0.15) is 0 Å². The molecule has 13 heteroatoms. The maximum atomic E-state index is 10.8. The molecular weight excluding hydrogens is 528 g/mol. The van der Waals surface area contributed by atoms with Crippen LogP contribution in [0.3, 0.4) is 0 Å². The highest BCUT2D eigenvalue weighted by molar-refractivity contribution is 9.10. The summed E-state index contributed by atoms with van der Waals surface area (Å²) in [4.78, 5) is 25.8. The zero-order chi connectivity index (χ0) is 24.1. The van der Waals surface area contributed by atoms with E-state index in [-0.39, 0.29) is 11.6 Å². The number of nitro groups is 1. The molecule has 1 aliphatic heterocycles. The van der Waals surface area contributed by atoms with Gasteiger partial charge < -0.3 is 15.0 Å². The third kappa shape index (κ3) is 5.95. The summed E-state index contributed by atoms with van der Waals surface area (Å²) in [6.45, 7) is 4.37. The van der Waals surface area contributed by atoms with E-state index in [1.165, 1.54) is 18.3 Å². The Hall–Kier alpha value is -3.35. The van der Waals surface area contributed by atoms with Crippen LogP contribution >= 0.6 is 27.5 Å². The Morgan fingerprint density at radius 3 is 2.59 bits per heavy atom. The number of nitro benzene ring substituents is 1. The van der Waals surface area contributed by atoms with Crippen molar-refractivity contribution in [2.24, 2.45) is 5.10 Å². The van der Waals surface area contributed by atoms with E-state index in [2.05, 4.69) is 46.7 Å². The first kappa shape index (κ1) is 23.8. The summed E-state index contributed by atoms with van der Waals surface area (Å²) in [7, 11) is 0. The molecule has 0 radical (unpaired) electrons. The fourth-order valence-corrected chi connectivity index (χ4v) is 3.81. The van der Waals surface area contributed by atoms with Gasteiger partial charge >= 0.3 is 0 Å². The van der Waals surface area contributed by atoms with Gasteiger partial charge in [-0.05, 0) is 58.2 Å². The Morgan fingerprint density at radius 1 is 1.18 bits per heavy atom. The Balaban J connectivity index is 1.58. The average molecular weight is 548 g/mol. The van der Waals surface area contributed by atoms with Crippen molar-refractivity contribution in [3.63, 3.8) is 0 Å². The summed E-state index contributed by atoms with van der Waals surface area (Å²) in [5.74, 6) is 1.01. The predicted octanol–water partition coefficient (Wildman–Crippen LogP) is 4.53. The molecule has 176 valence electrons. The number of aryl methyl sites for hydroxylation is 1. The smallest absolute Gasteiger partial charge is 0.269 e. The van der Waals surface area contributed by atoms with Crippen LogP contribution in [-0.4, -0.2) is 52.4 Å².